The van der Waals surface area contributed by atoms with Gasteiger partial charge in [-0.1, -0.05) is 6.42 Å². The molecule has 3 heteroatoms. The van der Waals surface area contributed by atoms with E-state index < -0.39 is 11.6 Å². The van der Waals surface area contributed by atoms with E-state index in [1.54, 1.807) is 0 Å². The molecule has 0 radical (unpaired) electrons. The number of carboxylic acid groups (broad SMARTS) is 1. The summed E-state index contributed by atoms with van der Waals surface area (Å²) >= 11 is 0. The molecule has 1 aliphatic heterocycles. The van der Waals surface area contributed by atoms with Crippen LogP contribution >= 0.6 is 0 Å². The maximum Gasteiger partial charge on any atom is 0.336 e. The van der Waals surface area contributed by atoms with Crippen molar-refractivity contribution < 1.29 is 14.6 Å². The average molecular weight is 170 g/mol. The lowest BCUT2D eigenvalue weighted by Crippen LogP contribution is -2.48. The topological polar surface area (TPSA) is 46.5 Å². The van der Waals surface area contributed by atoms with Gasteiger partial charge in [-0.05, 0) is 31.6 Å². The summed E-state index contributed by atoms with van der Waals surface area (Å²) in [6.07, 6.45) is 4.86. The molecule has 68 valence electrons. The van der Waals surface area contributed by atoms with Crippen LogP contribution in [0.15, 0.2) is 0 Å². The normalized spacial score (nSPS) is 36.3. The summed E-state index contributed by atoms with van der Waals surface area (Å²) in [5.74, 6) is -0.456. The zero-order chi connectivity index (χ0) is 8.60. The van der Waals surface area contributed by atoms with Gasteiger partial charge in [-0.25, -0.2) is 4.79 Å². The van der Waals surface area contributed by atoms with Crippen molar-refractivity contribution in [1.29, 1.82) is 0 Å². The predicted molar refractivity (Wildman–Crippen MR) is 42.9 cm³/mol. The predicted octanol–water partition coefficient (Wildman–Crippen LogP) is 1.42. The molecule has 1 aliphatic carbocycles. The van der Waals surface area contributed by atoms with Crippen LogP contribution in [0.1, 0.15) is 32.1 Å². The van der Waals surface area contributed by atoms with Gasteiger partial charge < -0.3 is 9.84 Å². The summed E-state index contributed by atoms with van der Waals surface area (Å²) in [5.41, 5.74) is -0.793. The van der Waals surface area contributed by atoms with Crippen molar-refractivity contribution in [3.8, 4) is 0 Å². The summed E-state index contributed by atoms with van der Waals surface area (Å²) in [4.78, 5) is 11.0. The van der Waals surface area contributed by atoms with Crippen LogP contribution in [-0.2, 0) is 9.53 Å². The van der Waals surface area contributed by atoms with Crippen molar-refractivity contribution in [1.82, 2.24) is 0 Å². The van der Waals surface area contributed by atoms with Gasteiger partial charge in [0.15, 0.2) is 5.60 Å². The van der Waals surface area contributed by atoms with Crippen molar-refractivity contribution in [3.63, 3.8) is 0 Å². The van der Waals surface area contributed by atoms with E-state index in [0.29, 0.717) is 13.0 Å². The highest BCUT2D eigenvalue weighted by atomic mass is 16.5. The van der Waals surface area contributed by atoms with Gasteiger partial charge >= 0.3 is 5.97 Å². The SMILES string of the molecule is O=C(O)C1(C2CCC2)CCCO1. The summed E-state index contributed by atoms with van der Waals surface area (Å²) in [6.45, 7) is 0.628. The van der Waals surface area contributed by atoms with Crippen LogP contribution in [0.25, 0.3) is 0 Å². The van der Waals surface area contributed by atoms with E-state index in [1.807, 2.05) is 0 Å². The molecule has 2 rings (SSSR count). The van der Waals surface area contributed by atoms with Gasteiger partial charge in [0, 0.05) is 6.61 Å². The molecule has 1 heterocycles. The fraction of sp³-hybridized carbons (Fsp3) is 0.889. The molecule has 0 bridgehead atoms. The summed E-state index contributed by atoms with van der Waals surface area (Å²) in [6, 6.07) is 0. The smallest absolute Gasteiger partial charge is 0.336 e. The Morgan fingerprint density at radius 3 is 2.50 bits per heavy atom. The number of rotatable bonds is 2. The van der Waals surface area contributed by atoms with Crippen molar-refractivity contribution in [2.45, 2.75) is 37.7 Å². The van der Waals surface area contributed by atoms with E-state index >= 15 is 0 Å². The highest BCUT2D eigenvalue weighted by molar-refractivity contribution is 5.78. The van der Waals surface area contributed by atoms with Crippen LogP contribution in [0.3, 0.4) is 0 Å². The van der Waals surface area contributed by atoms with Crippen LogP contribution in [0.2, 0.25) is 0 Å². The van der Waals surface area contributed by atoms with Crippen LogP contribution in [0, 0.1) is 5.92 Å². The molecule has 0 spiro atoms. The quantitative estimate of drug-likeness (QED) is 0.681. The second kappa shape index (κ2) is 2.73. The van der Waals surface area contributed by atoms with E-state index in [1.165, 1.54) is 6.42 Å². The van der Waals surface area contributed by atoms with Crippen LogP contribution in [-0.4, -0.2) is 23.3 Å². The monoisotopic (exact) mass is 170 g/mol. The number of ether oxygens (including phenoxy) is 1. The molecule has 1 saturated carbocycles. The van der Waals surface area contributed by atoms with Gasteiger partial charge in [0.05, 0.1) is 0 Å². The molecule has 1 N–H and O–H groups in total. The first-order valence-corrected chi connectivity index (χ1v) is 4.63. The first-order valence-electron chi connectivity index (χ1n) is 4.63. The third-order valence-electron chi connectivity index (χ3n) is 3.18. The molecule has 0 aromatic carbocycles. The highest BCUT2D eigenvalue weighted by Gasteiger charge is 2.51. The first kappa shape index (κ1) is 8.05. The fourth-order valence-electron chi connectivity index (χ4n) is 2.20. The maximum absolute atomic E-state index is 11.0. The third-order valence-corrected chi connectivity index (χ3v) is 3.18. The summed E-state index contributed by atoms with van der Waals surface area (Å²) < 4.78 is 5.41. The Labute approximate surface area is 71.7 Å². The van der Waals surface area contributed by atoms with E-state index in [0.717, 1.165) is 19.3 Å². The zero-order valence-electron chi connectivity index (χ0n) is 7.08. The second-order valence-corrected chi connectivity index (χ2v) is 3.77. The first-order chi connectivity index (χ1) is 5.76. The molecule has 0 aromatic heterocycles. The lowest BCUT2D eigenvalue weighted by atomic mass is 9.71. The molecule has 1 atom stereocenters. The standard InChI is InChI=1S/C9H14O3/c10-8(11)9(5-2-6-12-9)7-3-1-4-7/h7H,1-6H2,(H,10,11). The van der Waals surface area contributed by atoms with Crippen molar-refractivity contribution >= 4 is 5.97 Å². The highest BCUT2D eigenvalue weighted by Crippen LogP contribution is 2.44. The lowest BCUT2D eigenvalue weighted by Gasteiger charge is -2.38. The Morgan fingerprint density at radius 2 is 2.17 bits per heavy atom. The minimum absolute atomic E-state index is 0.289. The largest absolute Gasteiger partial charge is 0.479 e. The zero-order valence-corrected chi connectivity index (χ0v) is 7.08. The van der Waals surface area contributed by atoms with Crippen molar-refractivity contribution in [2.24, 2.45) is 5.92 Å². The Morgan fingerprint density at radius 1 is 1.42 bits per heavy atom. The Bertz CT molecular complexity index is 190. The third kappa shape index (κ3) is 0.959. The van der Waals surface area contributed by atoms with Crippen LogP contribution in [0.5, 0.6) is 0 Å². The van der Waals surface area contributed by atoms with Crippen molar-refractivity contribution in [2.75, 3.05) is 6.61 Å². The van der Waals surface area contributed by atoms with Gasteiger partial charge in [0.25, 0.3) is 0 Å². The molecule has 3 nitrogen and oxygen atoms in total. The Balaban J connectivity index is 2.14. The summed E-state index contributed by atoms with van der Waals surface area (Å²) in [5, 5.41) is 9.07. The van der Waals surface area contributed by atoms with Crippen LogP contribution in [0.4, 0.5) is 0 Å². The molecular formula is C9H14O3. The van der Waals surface area contributed by atoms with Gasteiger partial charge in [0.2, 0.25) is 0 Å². The minimum Gasteiger partial charge on any atom is -0.479 e. The fourth-order valence-corrected chi connectivity index (χ4v) is 2.20. The number of hydrogen-bond donors (Lipinski definition) is 1. The number of hydrogen-bond acceptors (Lipinski definition) is 2. The second-order valence-electron chi connectivity index (χ2n) is 3.77. The van der Waals surface area contributed by atoms with E-state index in [2.05, 4.69) is 0 Å². The van der Waals surface area contributed by atoms with Gasteiger partial charge in [-0.15, -0.1) is 0 Å². The summed E-state index contributed by atoms with van der Waals surface area (Å²) in [7, 11) is 0. The van der Waals surface area contributed by atoms with E-state index in [4.69, 9.17) is 9.84 Å². The molecule has 0 amide bonds. The van der Waals surface area contributed by atoms with E-state index in [-0.39, 0.29) is 5.92 Å². The van der Waals surface area contributed by atoms with Crippen LogP contribution < -0.4 is 0 Å². The number of aliphatic carboxylic acids is 1. The van der Waals surface area contributed by atoms with E-state index in [9.17, 15) is 4.79 Å². The molecule has 2 fully saturated rings. The Hall–Kier alpha value is -0.570. The maximum atomic E-state index is 11.0. The van der Waals surface area contributed by atoms with Gasteiger partial charge in [0.1, 0.15) is 0 Å². The molecule has 0 aromatic rings. The molecule has 2 aliphatic rings. The molecule has 1 unspecified atom stereocenters. The average Bonchev–Trinajstić information content (AvgIpc) is 2.33. The molecule has 1 saturated heterocycles. The Kier molecular flexibility index (Phi) is 1.83. The molecular weight excluding hydrogens is 156 g/mol. The molecule has 12 heavy (non-hydrogen) atoms. The van der Waals surface area contributed by atoms with Crippen molar-refractivity contribution in [3.05, 3.63) is 0 Å². The minimum atomic E-state index is -0.793. The van der Waals surface area contributed by atoms with Gasteiger partial charge in [-0.3, -0.25) is 0 Å². The van der Waals surface area contributed by atoms with Gasteiger partial charge in [-0.2, -0.15) is 0 Å². The lowest BCUT2D eigenvalue weighted by molar-refractivity contribution is -0.171. The number of carboxylic acids is 1. The number of carbonyl (C=O) groups is 1.